The van der Waals surface area contributed by atoms with Crippen molar-refractivity contribution in [2.24, 2.45) is 5.73 Å². The molecule has 3 heteroatoms. The summed E-state index contributed by atoms with van der Waals surface area (Å²) in [4.78, 5) is 0. The van der Waals surface area contributed by atoms with Crippen LogP contribution in [0, 0.1) is 0 Å². The number of ether oxygens (including phenoxy) is 2. The van der Waals surface area contributed by atoms with E-state index in [0.717, 1.165) is 37.2 Å². The fourth-order valence-corrected chi connectivity index (χ4v) is 2.36. The molecule has 17 heavy (non-hydrogen) atoms. The molecule has 3 nitrogen and oxygen atoms in total. The molecule has 0 saturated heterocycles. The van der Waals surface area contributed by atoms with E-state index in [0.29, 0.717) is 0 Å². The van der Waals surface area contributed by atoms with Crippen molar-refractivity contribution in [1.29, 1.82) is 0 Å². The van der Waals surface area contributed by atoms with Gasteiger partial charge in [0.25, 0.3) is 0 Å². The van der Waals surface area contributed by atoms with Crippen LogP contribution in [0.1, 0.15) is 36.9 Å². The molecule has 1 aromatic rings. The Morgan fingerprint density at radius 2 is 2.29 bits per heavy atom. The Morgan fingerprint density at radius 1 is 1.47 bits per heavy atom. The largest absolute Gasteiger partial charge is 0.493 e. The van der Waals surface area contributed by atoms with Gasteiger partial charge in [-0.3, -0.25) is 0 Å². The molecule has 1 aromatic carbocycles. The van der Waals surface area contributed by atoms with E-state index in [1.165, 1.54) is 5.56 Å². The van der Waals surface area contributed by atoms with Crippen LogP contribution in [0.3, 0.4) is 0 Å². The average molecular weight is 235 g/mol. The molecule has 0 bridgehead atoms. The zero-order valence-electron chi connectivity index (χ0n) is 10.6. The predicted octanol–water partition coefficient (Wildman–Crippen LogP) is 2.44. The van der Waals surface area contributed by atoms with Crippen LogP contribution in [0.2, 0.25) is 0 Å². The Labute approximate surface area is 103 Å². The summed E-state index contributed by atoms with van der Waals surface area (Å²) in [6.45, 7) is 2.94. The summed E-state index contributed by atoms with van der Waals surface area (Å²) in [5.41, 5.74) is 8.68. The molecule has 2 unspecified atom stereocenters. The van der Waals surface area contributed by atoms with E-state index in [1.54, 1.807) is 7.11 Å². The molecule has 2 N–H and O–H groups in total. The van der Waals surface area contributed by atoms with Gasteiger partial charge in [0.1, 0.15) is 5.75 Å². The van der Waals surface area contributed by atoms with Crippen LogP contribution in [0.4, 0.5) is 0 Å². The van der Waals surface area contributed by atoms with Gasteiger partial charge in [0.05, 0.1) is 18.8 Å². The molecule has 0 radical (unpaired) electrons. The second-order valence-corrected chi connectivity index (χ2v) is 4.55. The molecule has 94 valence electrons. The number of rotatable bonds is 5. The third-order valence-corrected chi connectivity index (χ3v) is 3.37. The number of hydrogen-bond acceptors (Lipinski definition) is 3. The minimum atomic E-state index is -0.0501. The van der Waals surface area contributed by atoms with Crippen LogP contribution in [-0.2, 0) is 11.2 Å². The van der Waals surface area contributed by atoms with Crippen molar-refractivity contribution in [3.63, 3.8) is 0 Å². The van der Waals surface area contributed by atoms with Crippen LogP contribution < -0.4 is 10.5 Å². The minimum absolute atomic E-state index is 0.0501. The van der Waals surface area contributed by atoms with E-state index >= 15 is 0 Å². The third kappa shape index (κ3) is 2.61. The molecule has 1 heterocycles. The van der Waals surface area contributed by atoms with E-state index in [9.17, 15) is 0 Å². The lowest BCUT2D eigenvalue weighted by atomic mass is 9.97. The fraction of sp³-hybridized carbons (Fsp3) is 0.571. The van der Waals surface area contributed by atoms with Gasteiger partial charge in [-0.25, -0.2) is 0 Å². The van der Waals surface area contributed by atoms with Crippen LogP contribution in [0.25, 0.3) is 0 Å². The van der Waals surface area contributed by atoms with Crippen molar-refractivity contribution in [2.45, 2.75) is 38.3 Å². The van der Waals surface area contributed by atoms with Gasteiger partial charge in [-0.1, -0.05) is 25.5 Å². The highest BCUT2D eigenvalue weighted by Gasteiger charge is 2.20. The smallest absolute Gasteiger partial charge is 0.122 e. The van der Waals surface area contributed by atoms with Gasteiger partial charge in [0.15, 0.2) is 0 Å². The summed E-state index contributed by atoms with van der Waals surface area (Å²) in [5, 5.41) is 0. The fourth-order valence-electron chi connectivity index (χ4n) is 2.36. The molecule has 1 aliphatic heterocycles. The van der Waals surface area contributed by atoms with Gasteiger partial charge < -0.3 is 15.2 Å². The van der Waals surface area contributed by atoms with Gasteiger partial charge in [0.2, 0.25) is 0 Å². The zero-order chi connectivity index (χ0) is 12.3. The van der Waals surface area contributed by atoms with E-state index < -0.39 is 0 Å². The number of fused-ring (bicyclic) bond motifs is 1. The first kappa shape index (κ1) is 12.4. The first-order valence-electron chi connectivity index (χ1n) is 6.30. The van der Waals surface area contributed by atoms with Crippen LogP contribution in [-0.4, -0.2) is 19.8 Å². The molecule has 1 aliphatic rings. The molecule has 0 fully saturated rings. The van der Waals surface area contributed by atoms with Crippen molar-refractivity contribution in [2.75, 3.05) is 13.7 Å². The van der Waals surface area contributed by atoms with E-state index in [2.05, 4.69) is 19.1 Å². The zero-order valence-corrected chi connectivity index (χ0v) is 10.6. The minimum Gasteiger partial charge on any atom is -0.493 e. The predicted molar refractivity (Wildman–Crippen MR) is 68.3 cm³/mol. The van der Waals surface area contributed by atoms with Gasteiger partial charge in [-0.2, -0.15) is 0 Å². The number of methoxy groups -OCH3 is 1. The Hall–Kier alpha value is -1.06. The first-order valence-corrected chi connectivity index (χ1v) is 6.30. The highest BCUT2D eigenvalue weighted by Crippen LogP contribution is 2.29. The van der Waals surface area contributed by atoms with Gasteiger partial charge in [0, 0.05) is 13.5 Å². The SMILES string of the molecule is CCCC(OC)C(N)c1ccc2c(c1)CCO2. The van der Waals surface area contributed by atoms with Crippen molar-refractivity contribution in [1.82, 2.24) is 0 Å². The average Bonchev–Trinajstić information content (AvgIpc) is 2.82. The maximum Gasteiger partial charge on any atom is 0.122 e. The summed E-state index contributed by atoms with van der Waals surface area (Å²) in [6.07, 6.45) is 3.16. The molecular weight excluding hydrogens is 214 g/mol. The van der Waals surface area contributed by atoms with E-state index in [-0.39, 0.29) is 12.1 Å². The van der Waals surface area contributed by atoms with E-state index in [4.69, 9.17) is 15.2 Å². The maximum absolute atomic E-state index is 6.26. The van der Waals surface area contributed by atoms with Crippen LogP contribution >= 0.6 is 0 Å². The summed E-state index contributed by atoms with van der Waals surface area (Å²) in [6, 6.07) is 6.19. The molecule has 2 rings (SSSR count). The normalized spacial score (nSPS) is 17.4. The molecule has 0 aliphatic carbocycles. The number of benzene rings is 1. The lowest BCUT2D eigenvalue weighted by Gasteiger charge is -2.22. The summed E-state index contributed by atoms with van der Waals surface area (Å²) >= 11 is 0. The van der Waals surface area contributed by atoms with Crippen molar-refractivity contribution in [3.05, 3.63) is 29.3 Å². The third-order valence-electron chi connectivity index (χ3n) is 3.37. The van der Waals surface area contributed by atoms with Crippen LogP contribution in [0.15, 0.2) is 18.2 Å². The molecule has 0 amide bonds. The Kier molecular flexibility index (Phi) is 4.02. The van der Waals surface area contributed by atoms with Gasteiger partial charge in [-0.15, -0.1) is 0 Å². The molecular formula is C14H21NO2. The van der Waals surface area contributed by atoms with Crippen molar-refractivity contribution in [3.8, 4) is 5.75 Å². The highest BCUT2D eigenvalue weighted by atomic mass is 16.5. The summed E-state index contributed by atoms with van der Waals surface area (Å²) in [5.74, 6) is 1.01. The lowest BCUT2D eigenvalue weighted by molar-refractivity contribution is 0.0725. The van der Waals surface area contributed by atoms with Crippen molar-refractivity contribution < 1.29 is 9.47 Å². The highest BCUT2D eigenvalue weighted by molar-refractivity contribution is 5.40. The second kappa shape index (κ2) is 5.52. The Morgan fingerprint density at radius 3 is 3.00 bits per heavy atom. The van der Waals surface area contributed by atoms with Crippen molar-refractivity contribution >= 4 is 0 Å². The molecule has 2 atom stereocenters. The quantitative estimate of drug-likeness (QED) is 0.852. The molecule has 0 spiro atoms. The monoisotopic (exact) mass is 235 g/mol. The molecule has 0 aromatic heterocycles. The Balaban J connectivity index is 2.15. The number of hydrogen-bond donors (Lipinski definition) is 1. The Bertz CT molecular complexity index is 378. The number of nitrogens with two attached hydrogens (primary N) is 1. The van der Waals surface area contributed by atoms with Crippen LogP contribution in [0.5, 0.6) is 5.75 Å². The second-order valence-electron chi connectivity index (χ2n) is 4.55. The van der Waals surface area contributed by atoms with Gasteiger partial charge in [-0.05, 0) is 23.6 Å². The lowest BCUT2D eigenvalue weighted by Crippen LogP contribution is -2.28. The summed E-state index contributed by atoms with van der Waals surface area (Å²) < 4.78 is 11.0. The van der Waals surface area contributed by atoms with E-state index in [1.807, 2.05) is 6.07 Å². The summed E-state index contributed by atoms with van der Waals surface area (Å²) in [7, 11) is 1.73. The van der Waals surface area contributed by atoms with Gasteiger partial charge >= 0.3 is 0 Å². The topological polar surface area (TPSA) is 44.5 Å². The standard InChI is InChI=1S/C14H21NO2/c1-3-4-13(16-2)14(15)11-5-6-12-10(9-11)7-8-17-12/h5-6,9,13-14H,3-4,7-8,15H2,1-2H3. The maximum atomic E-state index is 6.26. The molecule has 0 saturated carbocycles. The first-order chi connectivity index (χ1) is 8.26.